The Labute approximate surface area is 149 Å². The molecule has 1 nitrogen and oxygen atoms in total. The van der Waals surface area contributed by atoms with Crippen LogP contribution in [0.25, 0.3) is 0 Å². The van der Waals surface area contributed by atoms with Crippen molar-refractivity contribution in [1.82, 2.24) is 5.32 Å². The Bertz CT molecular complexity index is 581. The number of rotatable bonds is 5. The minimum Gasteiger partial charge on any atom is -0.306 e. The van der Waals surface area contributed by atoms with Gasteiger partial charge in [0.05, 0.1) is 14.9 Å². The lowest BCUT2D eigenvalue weighted by molar-refractivity contribution is 0.606. The summed E-state index contributed by atoms with van der Waals surface area (Å²) >= 11 is 21.1. The first-order chi connectivity index (χ1) is 9.52. The van der Waals surface area contributed by atoms with Crippen molar-refractivity contribution < 1.29 is 0 Å². The van der Waals surface area contributed by atoms with Crippen LogP contribution >= 0.6 is 66.4 Å². The Morgan fingerprint density at radius 3 is 2.50 bits per heavy atom. The number of halogens is 4. The molecule has 2 rings (SSSR count). The molecular weight excluding hydrogens is 445 g/mol. The summed E-state index contributed by atoms with van der Waals surface area (Å²) < 4.78 is 1.93. The molecule has 1 N–H and O–H groups in total. The van der Waals surface area contributed by atoms with E-state index < -0.39 is 0 Å². The smallest absolute Gasteiger partial charge is 0.0888 e. The summed E-state index contributed by atoms with van der Waals surface area (Å²) in [6.45, 7) is 3.06. The first-order valence-electron chi connectivity index (χ1n) is 6.16. The third-order valence-electron chi connectivity index (χ3n) is 2.82. The van der Waals surface area contributed by atoms with E-state index in [1.54, 1.807) is 11.3 Å². The van der Waals surface area contributed by atoms with Gasteiger partial charge in [-0.15, -0.1) is 11.3 Å². The van der Waals surface area contributed by atoms with Crippen LogP contribution in [0.3, 0.4) is 0 Å². The molecule has 0 aliphatic rings. The van der Waals surface area contributed by atoms with Crippen molar-refractivity contribution in [3.8, 4) is 0 Å². The second-order valence-corrected chi connectivity index (χ2v) is 8.46. The summed E-state index contributed by atoms with van der Waals surface area (Å²) in [5.41, 5.74) is 1.06. The summed E-state index contributed by atoms with van der Waals surface area (Å²) in [6, 6.07) is 8.02. The molecule has 6 heteroatoms. The molecule has 0 aliphatic heterocycles. The van der Waals surface area contributed by atoms with Gasteiger partial charge in [0.1, 0.15) is 0 Å². The van der Waals surface area contributed by atoms with Gasteiger partial charge in [0.2, 0.25) is 0 Å². The third-order valence-corrected chi connectivity index (χ3v) is 6.18. The molecule has 1 aromatic heterocycles. The van der Waals surface area contributed by atoms with Crippen molar-refractivity contribution in [2.24, 2.45) is 0 Å². The average molecular weight is 458 g/mol. The second-order valence-electron chi connectivity index (χ2n) is 4.32. The van der Waals surface area contributed by atoms with Gasteiger partial charge in [-0.1, -0.05) is 52.1 Å². The lowest BCUT2D eigenvalue weighted by Gasteiger charge is -2.19. The molecule has 0 bridgehead atoms. The van der Waals surface area contributed by atoms with Crippen LogP contribution < -0.4 is 5.32 Å². The van der Waals surface area contributed by atoms with Crippen molar-refractivity contribution in [3.63, 3.8) is 0 Å². The highest BCUT2D eigenvalue weighted by Crippen LogP contribution is 2.39. The number of thiophene rings is 1. The molecule has 0 fully saturated rings. The lowest BCUT2D eigenvalue weighted by atomic mass is 10.1. The summed E-state index contributed by atoms with van der Waals surface area (Å²) in [5, 5.41) is 5.02. The molecule has 1 aromatic carbocycles. The third kappa shape index (κ3) is 3.99. The first kappa shape index (κ1) is 16.8. The maximum Gasteiger partial charge on any atom is 0.0888 e. The second kappa shape index (κ2) is 7.61. The van der Waals surface area contributed by atoms with Gasteiger partial charge in [-0.25, -0.2) is 0 Å². The van der Waals surface area contributed by atoms with Crippen LogP contribution in [0.5, 0.6) is 0 Å². The fourth-order valence-electron chi connectivity index (χ4n) is 1.89. The van der Waals surface area contributed by atoms with E-state index in [1.807, 2.05) is 24.3 Å². The zero-order valence-corrected chi connectivity index (χ0v) is 16.2. The van der Waals surface area contributed by atoms with E-state index in [0.29, 0.717) is 0 Å². The average Bonchev–Trinajstić information content (AvgIpc) is 2.72. The maximum absolute atomic E-state index is 6.39. The van der Waals surface area contributed by atoms with E-state index in [2.05, 4.69) is 44.1 Å². The Morgan fingerprint density at radius 2 is 1.95 bits per heavy atom. The molecule has 1 atom stereocenters. The molecule has 2 aromatic rings. The summed E-state index contributed by atoms with van der Waals surface area (Å²) in [6.07, 6.45) is 1.06. The van der Waals surface area contributed by atoms with Crippen LogP contribution in [-0.4, -0.2) is 6.54 Å². The van der Waals surface area contributed by atoms with Crippen molar-refractivity contribution in [3.05, 3.63) is 53.0 Å². The SMILES string of the molecule is CCCNC(c1cc(Cl)c(Br)s1)c1ccc(Br)cc1Cl. The number of hydrogen-bond acceptors (Lipinski definition) is 2. The predicted octanol–water partition coefficient (Wildman–Crippen LogP) is 6.67. The predicted molar refractivity (Wildman–Crippen MR) is 96.3 cm³/mol. The van der Waals surface area contributed by atoms with Crippen LogP contribution in [-0.2, 0) is 0 Å². The zero-order chi connectivity index (χ0) is 14.7. The molecule has 20 heavy (non-hydrogen) atoms. The molecular formula is C14H13Br2Cl2NS. The lowest BCUT2D eigenvalue weighted by Crippen LogP contribution is -2.22. The van der Waals surface area contributed by atoms with E-state index in [-0.39, 0.29) is 6.04 Å². The molecule has 1 unspecified atom stereocenters. The van der Waals surface area contributed by atoms with E-state index in [1.165, 1.54) is 0 Å². The van der Waals surface area contributed by atoms with Gasteiger partial charge in [0, 0.05) is 14.4 Å². The molecule has 108 valence electrons. The molecule has 0 saturated carbocycles. The Balaban J connectivity index is 2.41. The topological polar surface area (TPSA) is 12.0 Å². The minimum absolute atomic E-state index is 0.0596. The van der Waals surface area contributed by atoms with Gasteiger partial charge in [0.15, 0.2) is 0 Å². The Hall–Kier alpha value is 0.420. The highest BCUT2D eigenvalue weighted by molar-refractivity contribution is 9.11. The van der Waals surface area contributed by atoms with Gasteiger partial charge in [-0.05, 0) is 52.7 Å². The largest absolute Gasteiger partial charge is 0.306 e. The van der Waals surface area contributed by atoms with Gasteiger partial charge < -0.3 is 5.32 Å². The number of hydrogen-bond donors (Lipinski definition) is 1. The van der Waals surface area contributed by atoms with Crippen LogP contribution in [0.1, 0.15) is 29.8 Å². The van der Waals surface area contributed by atoms with E-state index in [4.69, 9.17) is 23.2 Å². The van der Waals surface area contributed by atoms with Crippen molar-refractivity contribution in [1.29, 1.82) is 0 Å². The fraction of sp³-hybridized carbons (Fsp3) is 0.286. The minimum atomic E-state index is 0.0596. The van der Waals surface area contributed by atoms with Crippen molar-refractivity contribution >= 4 is 66.4 Å². The Morgan fingerprint density at radius 1 is 1.20 bits per heavy atom. The summed E-state index contributed by atoms with van der Waals surface area (Å²) in [4.78, 5) is 1.15. The van der Waals surface area contributed by atoms with Gasteiger partial charge in [0.25, 0.3) is 0 Å². The van der Waals surface area contributed by atoms with E-state index in [0.717, 1.165) is 41.7 Å². The number of benzene rings is 1. The molecule has 0 amide bonds. The van der Waals surface area contributed by atoms with Crippen molar-refractivity contribution in [2.45, 2.75) is 19.4 Å². The monoisotopic (exact) mass is 455 g/mol. The van der Waals surface area contributed by atoms with Gasteiger partial charge in [-0.3, -0.25) is 0 Å². The van der Waals surface area contributed by atoms with E-state index >= 15 is 0 Å². The van der Waals surface area contributed by atoms with E-state index in [9.17, 15) is 0 Å². The molecule has 0 spiro atoms. The van der Waals surface area contributed by atoms with Crippen molar-refractivity contribution in [2.75, 3.05) is 6.54 Å². The standard InChI is InChI=1S/C14H13Br2Cl2NS/c1-2-5-19-13(12-7-11(18)14(16)20-12)9-4-3-8(15)6-10(9)17/h3-4,6-7,13,19H,2,5H2,1H3. The normalized spacial score (nSPS) is 12.7. The van der Waals surface area contributed by atoms with Crippen LogP contribution in [0.4, 0.5) is 0 Å². The highest BCUT2D eigenvalue weighted by Gasteiger charge is 2.20. The number of nitrogens with one attached hydrogen (secondary N) is 1. The molecule has 1 heterocycles. The highest BCUT2D eigenvalue weighted by atomic mass is 79.9. The first-order valence-corrected chi connectivity index (χ1v) is 9.31. The summed E-state index contributed by atoms with van der Waals surface area (Å²) in [7, 11) is 0. The Kier molecular flexibility index (Phi) is 6.39. The molecule has 0 radical (unpaired) electrons. The zero-order valence-electron chi connectivity index (χ0n) is 10.7. The van der Waals surface area contributed by atoms with Gasteiger partial charge >= 0.3 is 0 Å². The van der Waals surface area contributed by atoms with Crippen LogP contribution in [0, 0.1) is 0 Å². The maximum atomic E-state index is 6.39. The fourth-order valence-corrected chi connectivity index (χ4v) is 4.52. The van der Waals surface area contributed by atoms with Gasteiger partial charge in [-0.2, -0.15) is 0 Å². The molecule has 0 aliphatic carbocycles. The van der Waals surface area contributed by atoms with Crippen LogP contribution in [0.15, 0.2) is 32.5 Å². The van der Waals surface area contributed by atoms with Crippen LogP contribution in [0.2, 0.25) is 10.0 Å². The summed E-state index contributed by atoms with van der Waals surface area (Å²) in [5.74, 6) is 0. The molecule has 0 saturated heterocycles. The quantitative estimate of drug-likeness (QED) is 0.528.